The molecule has 9 nitrogen and oxygen atoms in total. The molecule has 0 saturated carbocycles. The lowest BCUT2D eigenvalue weighted by molar-refractivity contribution is 0.185. The number of benzene rings is 2. The van der Waals surface area contributed by atoms with Crippen molar-refractivity contribution in [2.45, 2.75) is 26.4 Å². The van der Waals surface area contributed by atoms with Crippen LogP contribution in [0.4, 0.5) is 4.39 Å². The molecule has 0 aliphatic carbocycles. The molecule has 0 amide bonds. The lowest BCUT2D eigenvalue weighted by atomic mass is 10.1. The third kappa shape index (κ3) is 4.26. The van der Waals surface area contributed by atoms with Crippen LogP contribution in [0, 0.1) is 12.7 Å². The highest BCUT2D eigenvalue weighted by Gasteiger charge is 2.24. The van der Waals surface area contributed by atoms with Crippen molar-refractivity contribution >= 4 is 23.3 Å². The van der Waals surface area contributed by atoms with Crippen molar-refractivity contribution in [3.63, 3.8) is 0 Å². The number of imidazole rings is 1. The molecule has 37 heavy (non-hydrogen) atoms. The zero-order chi connectivity index (χ0) is 24.8. The molecule has 6 rings (SSSR count). The predicted molar refractivity (Wildman–Crippen MR) is 141 cm³/mol. The minimum Gasteiger partial charge on any atom is -0.383 e. The summed E-state index contributed by atoms with van der Waals surface area (Å²) in [7, 11) is 1.66. The van der Waals surface area contributed by atoms with Crippen LogP contribution in [0.15, 0.2) is 59.8 Å². The molecule has 3 aromatic heterocycles. The van der Waals surface area contributed by atoms with E-state index in [1.165, 1.54) is 6.07 Å². The first kappa shape index (κ1) is 24.9. The maximum atomic E-state index is 14.0. The lowest BCUT2D eigenvalue weighted by Gasteiger charge is -2.14. The molecule has 0 atom stereocenters. The van der Waals surface area contributed by atoms with Crippen LogP contribution < -0.4 is 11.0 Å². The van der Waals surface area contributed by atoms with Crippen LogP contribution in [0.2, 0.25) is 0 Å². The monoisotopic (exact) mass is 523 g/mol. The number of halogens is 2. The number of rotatable bonds is 6. The zero-order valence-corrected chi connectivity index (χ0v) is 21.3. The fourth-order valence-electron chi connectivity index (χ4n) is 4.79. The van der Waals surface area contributed by atoms with Crippen LogP contribution in [-0.4, -0.2) is 49.0 Å². The van der Waals surface area contributed by atoms with Gasteiger partial charge in [0, 0.05) is 50.0 Å². The van der Waals surface area contributed by atoms with Gasteiger partial charge in [0.2, 0.25) is 0 Å². The highest BCUT2D eigenvalue weighted by Crippen LogP contribution is 2.26. The van der Waals surface area contributed by atoms with Crippen molar-refractivity contribution < 1.29 is 9.13 Å². The molecule has 2 aromatic carbocycles. The van der Waals surface area contributed by atoms with Crippen molar-refractivity contribution in [1.29, 1.82) is 0 Å². The quantitative estimate of drug-likeness (QED) is 0.369. The first-order chi connectivity index (χ1) is 17.5. The van der Waals surface area contributed by atoms with Crippen molar-refractivity contribution in [3.8, 4) is 17.2 Å². The predicted octanol–water partition coefficient (Wildman–Crippen LogP) is 3.33. The maximum absolute atomic E-state index is 14.0. The van der Waals surface area contributed by atoms with Gasteiger partial charge in [-0.2, -0.15) is 10.2 Å². The molecule has 192 valence electrons. The van der Waals surface area contributed by atoms with Gasteiger partial charge in [0.05, 0.1) is 41.9 Å². The average molecular weight is 524 g/mol. The molecular weight excluding hydrogens is 497 g/mol. The number of hydrogen-bond acceptors (Lipinski definition) is 5. The molecule has 1 aliphatic heterocycles. The Balaban J connectivity index is 0.00000280. The average Bonchev–Trinajstić information content (AvgIpc) is 3.58. The second-order valence-corrected chi connectivity index (χ2v) is 8.95. The van der Waals surface area contributed by atoms with Gasteiger partial charge in [-0.3, -0.25) is 13.8 Å². The minimum absolute atomic E-state index is 0. The van der Waals surface area contributed by atoms with E-state index in [1.54, 1.807) is 58.6 Å². The van der Waals surface area contributed by atoms with E-state index >= 15 is 0 Å². The van der Waals surface area contributed by atoms with E-state index in [1.807, 2.05) is 22.9 Å². The Morgan fingerprint density at radius 1 is 1.11 bits per heavy atom. The Bertz CT molecular complexity index is 1650. The van der Waals surface area contributed by atoms with Crippen LogP contribution in [0.5, 0.6) is 0 Å². The van der Waals surface area contributed by atoms with E-state index in [-0.39, 0.29) is 23.9 Å². The van der Waals surface area contributed by atoms with Crippen molar-refractivity contribution in [2.24, 2.45) is 0 Å². The summed E-state index contributed by atoms with van der Waals surface area (Å²) in [4.78, 5) is 13.7. The summed E-state index contributed by atoms with van der Waals surface area (Å²) in [5.74, 6) is 0.392. The zero-order valence-electron chi connectivity index (χ0n) is 20.5. The van der Waals surface area contributed by atoms with Gasteiger partial charge in [-0.1, -0.05) is 0 Å². The van der Waals surface area contributed by atoms with E-state index in [0.717, 1.165) is 40.8 Å². The van der Waals surface area contributed by atoms with Crippen LogP contribution >= 0.6 is 12.4 Å². The summed E-state index contributed by atoms with van der Waals surface area (Å²) >= 11 is 0. The number of methoxy groups -OCH3 is 1. The van der Waals surface area contributed by atoms with E-state index in [4.69, 9.17) is 9.84 Å². The van der Waals surface area contributed by atoms with Gasteiger partial charge in [-0.25, -0.2) is 13.9 Å². The largest absolute Gasteiger partial charge is 0.383 e. The van der Waals surface area contributed by atoms with Gasteiger partial charge >= 0.3 is 5.69 Å². The number of aromatic nitrogens is 6. The molecular formula is C26H27ClFN7O2. The molecule has 4 heterocycles. The highest BCUT2D eigenvalue weighted by atomic mass is 35.5. The summed E-state index contributed by atoms with van der Waals surface area (Å²) in [6.45, 7) is 4.37. The van der Waals surface area contributed by atoms with Gasteiger partial charge in [0.15, 0.2) is 0 Å². The standard InChI is InChI=1S/C26H26FN7O2.ClH/c1-17-13-20(3-5-22(17)27)34-25(21-16-28-8-7-23(21)30-34)32-10-9-31(26(32)35)19-4-6-24-18(14-19)15-29-33(24)11-12-36-2;/h3-6,9-10,13-15,28H,7-8,11-12,16H2,1-2H3;1H. The second kappa shape index (κ2) is 9.97. The first-order valence-electron chi connectivity index (χ1n) is 11.9. The smallest absolute Gasteiger partial charge is 0.338 e. The molecule has 11 heteroatoms. The Kier molecular flexibility index (Phi) is 6.72. The Morgan fingerprint density at radius 3 is 2.73 bits per heavy atom. The fraction of sp³-hybridized carbons (Fsp3) is 0.269. The molecule has 0 unspecified atom stereocenters. The summed E-state index contributed by atoms with van der Waals surface area (Å²) in [6.07, 6.45) is 6.07. The summed E-state index contributed by atoms with van der Waals surface area (Å²) < 4.78 is 26.0. The Hall–Kier alpha value is -3.73. The van der Waals surface area contributed by atoms with E-state index in [2.05, 4.69) is 10.4 Å². The van der Waals surface area contributed by atoms with Crippen molar-refractivity contribution in [2.75, 3.05) is 20.3 Å². The van der Waals surface area contributed by atoms with Gasteiger partial charge < -0.3 is 10.1 Å². The van der Waals surface area contributed by atoms with Gasteiger partial charge in [0.1, 0.15) is 11.6 Å². The van der Waals surface area contributed by atoms with Gasteiger partial charge in [0.25, 0.3) is 0 Å². The summed E-state index contributed by atoms with van der Waals surface area (Å²) in [5, 5.41) is 13.6. The number of nitrogens with one attached hydrogen (secondary N) is 1. The number of fused-ring (bicyclic) bond motifs is 2. The molecule has 0 bridgehead atoms. The lowest BCUT2D eigenvalue weighted by Crippen LogP contribution is -2.27. The van der Waals surface area contributed by atoms with Gasteiger partial charge in [-0.15, -0.1) is 12.4 Å². The van der Waals surface area contributed by atoms with Crippen LogP contribution in [-0.2, 0) is 24.2 Å². The van der Waals surface area contributed by atoms with E-state index in [0.29, 0.717) is 36.8 Å². The number of ether oxygens (including phenoxy) is 1. The number of hydrogen-bond donors (Lipinski definition) is 1. The molecule has 0 saturated heterocycles. The molecule has 0 fully saturated rings. The summed E-state index contributed by atoms with van der Waals surface area (Å²) in [5.41, 5.74) is 4.65. The van der Waals surface area contributed by atoms with Crippen molar-refractivity contribution in [3.05, 3.63) is 88.1 Å². The van der Waals surface area contributed by atoms with Crippen molar-refractivity contribution in [1.82, 2.24) is 34.0 Å². The third-order valence-corrected chi connectivity index (χ3v) is 6.68. The SMILES string of the molecule is COCCn1ncc2cc(-n3ccn(-c4c5c(nn4-c4ccc(F)c(C)c4)CCNC5)c3=O)ccc21.Cl. The fourth-order valence-corrected chi connectivity index (χ4v) is 4.79. The van der Waals surface area contributed by atoms with Crippen LogP contribution in [0.3, 0.4) is 0 Å². The second-order valence-electron chi connectivity index (χ2n) is 8.95. The Labute approximate surface area is 218 Å². The normalized spacial score (nSPS) is 13.1. The van der Waals surface area contributed by atoms with Crippen LogP contribution in [0.25, 0.3) is 28.1 Å². The topological polar surface area (TPSA) is 83.8 Å². The molecule has 0 radical (unpaired) electrons. The molecule has 1 aliphatic rings. The number of aryl methyl sites for hydroxylation is 1. The molecule has 0 spiro atoms. The maximum Gasteiger partial charge on any atom is 0.338 e. The summed E-state index contributed by atoms with van der Waals surface area (Å²) in [6, 6.07) is 10.7. The highest BCUT2D eigenvalue weighted by molar-refractivity contribution is 5.85. The first-order valence-corrected chi connectivity index (χ1v) is 11.9. The Morgan fingerprint density at radius 2 is 1.92 bits per heavy atom. The van der Waals surface area contributed by atoms with E-state index in [9.17, 15) is 9.18 Å². The molecule has 5 aromatic rings. The minimum atomic E-state index is -0.275. The van der Waals surface area contributed by atoms with E-state index < -0.39 is 0 Å². The number of nitrogens with zero attached hydrogens (tertiary/aromatic N) is 6. The third-order valence-electron chi connectivity index (χ3n) is 6.68. The van der Waals surface area contributed by atoms with Gasteiger partial charge in [-0.05, 0) is 48.9 Å². The molecule has 1 N–H and O–H groups in total. The van der Waals surface area contributed by atoms with Crippen LogP contribution in [0.1, 0.15) is 16.8 Å².